The summed E-state index contributed by atoms with van der Waals surface area (Å²) in [4.78, 5) is 30.8. The van der Waals surface area contributed by atoms with E-state index in [-0.39, 0.29) is 25.5 Å². The number of aromatic nitrogens is 2. The SMILES string of the molecule is Cc1cc(OCCC(=O)N(C)CC(=O)O)ncn1. The fraction of sp³-hybridized carbons (Fsp3) is 0.455. The van der Waals surface area contributed by atoms with Crippen molar-refractivity contribution in [2.75, 3.05) is 20.2 Å². The molecule has 0 spiro atoms. The molecule has 1 heterocycles. The van der Waals surface area contributed by atoms with Crippen LogP contribution in [0.5, 0.6) is 5.88 Å². The Morgan fingerprint density at radius 3 is 2.78 bits per heavy atom. The zero-order chi connectivity index (χ0) is 13.5. The molecule has 7 heteroatoms. The number of hydrogen-bond acceptors (Lipinski definition) is 5. The number of nitrogens with zero attached hydrogens (tertiary/aromatic N) is 3. The van der Waals surface area contributed by atoms with Crippen molar-refractivity contribution in [3.05, 3.63) is 18.1 Å². The quantitative estimate of drug-likeness (QED) is 0.772. The van der Waals surface area contributed by atoms with E-state index in [1.54, 1.807) is 13.0 Å². The van der Waals surface area contributed by atoms with Crippen LogP contribution in [0.3, 0.4) is 0 Å². The van der Waals surface area contributed by atoms with Gasteiger partial charge in [-0.15, -0.1) is 0 Å². The molecule has 7 nitrogen and oxygen atoms in total. The number of likely N-dealkylation sites (N-methyl/N-ethyl adjacent to an activating group) is 1. The molecule has 0 unspecified atom stereocenters. The second kappa shape index (κ2) is 6.53. The molecule has 1 rings (SSSR count). The lowest BCUT2D eigenvalue weighted by atomic mass is 10.4. The summed E-state index contributed by atoms with van der Waals surface area (Å²) in [7, 11) is 1.44. The average molecular weight is 253 g/mol. The van der Waals surface area contributed by atoms with Gasteiger partial charge in [-0.2, -0.15) is 0 Å². The van der Waals surface area contributed by atoms with Gasteiger partial charge in [0.05, 0.1) is 13.0 Å². The Kier molecular flexibility index (Phi) is 5.04. The molecular weight excluding hydrogens is 238 g/mol. The number of hydrogen-bond donors (Lipinski definition) is 1. The van der Waals surface area contributed by atoms with Gasteiger partial charge in [0.1, 0.15) is 12.9 Å². The number of carboxylic acids is 1. The van der Waals surface area contributed by atoms with Gasteiger partial charge in [-0.1, -0.05) is 0 Å². The standard InChI is InChI=1S/C11H15N3O4/c1-8-5-9(13-7-12-8)18-4-3-10(15)14(2)6-11(16)17/h5,7H,3-4,6H2,1-2H3,(H,16,17). The number of aliphatic carboxylic acids is 1. The second-order valence-electron chi connectivity index (χ2n) is 3.74. The molecule has 0 atom stereocenters. The number of rotatable bonds is 6. The molecule has 1 aromatic rings. The Labute approximate surface area is 104 Å². The van der Waals surface area contributed by atoms with Crippen molar-refractivity contribution in [1.29, 1.82) is 0 Å². The number of carbonyl (C=O) groups excluding carboxylic acids is 1. The first-order valence-corrected chi connectivity index (χ1v) is 5.36. The van der Waals surface area contributed by atoms with Gasteiger partial charge in [-0.3, -0.25) is 9.59 Å². The minimum Gasteiger partial charge on any atom is -0.480 e. The third-order valence-electron chi connectivity index (χ3n) is 2.14. The van der Waals surface area contributed by atoms with E-state index in [1.807, 2.05) is 0 Å². The van der Waals surface area contributed by atoms with E-state index >= 15 is 0 Å². The maximum absolute atomic E-state index is 11.5. The first-order valence-electron chi connectivity index (χ1n) is 5.36. The lowest BCUT2D eigenvalue weighted by Crippen LogP contribution is -2.32. The highest BCUT2D eigenvalue weighted by atomic mass is 16.5. The van der Waals surface area contributed by atoms with Gasteiger partial charge in [-0.05, 0) is 6.92 Å². The van der Waals surface area contributed by atoms with E-state index in [0.717, 1.165) is 10.6 Å². The van der Waals surface area contributed by atoms with Crippen molar-refractivity contribution in [1.82, 2.24) is 14.9 Å². The Morgan fingerprint density at radius 2 is 2.17 bits per heavy atom. The molecule has 0 fully saturated rings. The molecule has 0 aliphatic carbocycles. The van der Waals surface area contributed by atoms with E-state index < -0.39 is 5.97 Å². The van der Waals surface area contributed by atoms with Crippen LogP contribution in [-0.4, -0.2) is 52.1 Å². The summed E-state index contributed by atoms with van der Waals surface area (Å²) in [5.74, 6) is -0.933. The molecule has 1 amide bonds. The predicted molar refractivity (Wildman–Crippen MR) is 62.2 cm³/mol. The largest absolute Gasteiger partial charge is 0.480 e. The first kappa shape index (κ1) is 13.9. The summed E-state index contributed by atoms with van der Waals surface area (Å²) in [6.07, 6.45) is 1.48. The van der Waals surface area contributed by atoms with E-state index in [9.17, 15) is 9.59 Å². The molecule has 18 heavy (non-hydrogen) atoms. The molecule has 0 saturated heterocycles. The number of aryl methyl sites for hydroxylation is 1. The second-order valence-corrected chi connectivity index (χ2v) is 3.74. The predicted octanol–water partition coefficient (Wildman–Crippen LogP) is 0.0969. The summed E-state index contributed by atoms with van der Waals surface area (Å²) in [6, 6.07) is 1.66. The van der Waals surface area contributed by atoms with Crippen molar-refractivity contribution in [2.45, 2.75) is 13.3 Å². The highest BCUT2D eigenvalue weighted by molar-refractivity contribution is 5.81. The van der Waals surface area contributed by atoms with Crippen LogP contribution < -0.4 is 4.74 Å². The molecule has 0 bridgehead atoms. The number of amides is 1. The molecule has 0 radical (unpaired) electrons. The van der Waals surface area contributed by atoms with Crippen LogP contribution >= 0.6 is 0 Å². The molecular formula is C11H15N3O4. The maximum atomic E-state index is 11.5. The molecule has 0 aliphatic rings. The van der Waals surface area contributed by atoms with Crippen molar-refractivity contribution in [2.24, 2.45) is 0 Å². The van der Waals surface area contributed by atoms with Crippen molar-refractivity contribution in [3.8, 4) is 5.88 Å². The fourth-order valence-corrected chi connectivity index (χ4v) is 1.23. The van der Waals surface area contributed by atoms with Gasteiger partial charge in [0.15, 0.2) is 0 Å². The van der Waals surface area contributed by atoms with Gasteiger partial charge < -0.3 is 14.7 Å². The number of ether oxygens (including phenoxy) is 1. The van der Waals surface area contributed by atoms with E-state index in [0.29, 0.717) is 5.88 Å². The number of carbonyl (C=O) groups is 2. The maximum Gasteiger partial charge on any atom is 0.323 e. The minimum absolute atomic E-state index is 0.104. The minimum atomic E-state index is -1.04. The van der Waals surface area contributed by atoms with Crippen molar-refractivity contribution in [3.63, 3.8) is 0 Å². The fourth-order valence-electron chi connectivity index (χ4n) is 1.23. The summed E-state index contributed by atoms with van der Waals surface area (Å²) in [5, 5.41) is 8.52. The summed E-state index contributed by atoms with van der Waals surface area (Å²) in [6.45, 7) is 1.64. The van der Waals surface area contributed by atoms with Crippen LogP contribution in [0.15, 0.2) is 12.4 Å². The summed E-state index contributed by atoms with van der Waals surface area (Å²) in [5.41, 5.74) is 0.773. The lowest BCUT2D eigenvalue weighted by Gasteiger charge is -2.14. The smallest absolute Gasteiger partial charge is 0.323 e. The van der Waals surface area contributed by atoms with Crippen LogP contribution in [0.4, 0.5) is 0 Å². The van der Waals surface area contributed by atoms with Gasteiger partial charge in [0.2, 0.25) is 11.8 Å². The summed E-state index contributed by atoms with van der Waals surface area (Å²) < 4.78 is 5.27. The summed E-state index contributed by atoms with van der Waals surface area (Å²) >= 11 is 0. The van der Waals surface area contributed by atoms with Crippen molar-refractivity contribution >= 4 is 11.9 Å². The van der Waals surface area contributed by atoms with Crippen LogP contribution in [-0.2, 0) is 9.59 Å². The monoisotopic (exact) mass is 253 g/mol. The van der Waals surface area contributed by atoms with Gasteiger partial charge in [-0.25, -0.2) is 9.97 Å². The van der Waals surface area contributed by atoms with Crippen molar-refractivity contribution < 1.29 is 19.4 Å². The molecule has 0 aliphatic heterocycles. The molecule has 98 valence electrons. The van der Waals surface area contributed by atoms with Gasteiger partial charge in [0.25, 0.3) is 0 Å². The molecule has 1 N–H and O–H groups in total. The zero-order valence-electron chi connectivity index (χ0n) is 10.3. The Hall–Kier alpha value is -2.18. The Morgan fingerprint density at radius 1 is 1.44 bits per heavy atom. The Bertz CT molecular complexity index is 436. The van der Waals surface area contributed by atoms with E-state index in [2.05, 4.69) is 9.97 Å². The van der Waals surface area contributed by atoms with E-state index in [4.69, 9.17) is 9.84 Å². The average Bonchev–Trinajstić information content (AvgIpc) is 2.28. The normalized spacial score (nSPS) is 9.89. The highest BCUT2D eigenvalue weighted by Crippen LogP contribution is 2.06. The third-order valence-corrected chi connectivity index (χ3v) is 2.14. The number of carboxylic acid groups (broad SMARTS) is 1. The molecule has 0 saturated carbocycles. The first-order chi connectivity index (χ1) is 8.49. The third kappa shape index (κ3) is 4.77. The van der Waals surface area contributed by atoms with Crippen LogP contribution in [0.25, 0.3) is 0 Å². The van der Waals surface area contributed by atoms with Gasteiger partial charge >= 0.3 is 5.97 Å². The topological polar surface area (TPSA) is 92.6 Å². The van der Waals surface area contributed by atoms with Crippen LogP contribution in [0, 0.1) is 6.92 Å². The highest BCUT2D eigenvalue weighted by Gasteiger charge is 2.11. The lowest BCUT2D eigenvalue weighted by molar-refractivity contribution is -0.143. The van der Waals surface area contributed by atoms with Gasteiger partial charge in [0, 0.05) is 18.8 Å². The Balaban J connectivity index is 2.33. The van der Waals surface area contributed by atoms with Crippen LogP contribution in [0.2, 0.25) is 0 Å². The van der Waals surface area contributed by atoms with E-state index in [1.165, 1.54) is 13.4 Å². The molecule has 1 aromatic heterocycles. The molecule has 0 aromatic carbocycles. The zero-order valence-corrected chi connectivity index (χ0v) is 10.3. The van der Waals surface area contributed by atoms with Crippen LogP contribution in [0.1, 0.15) is 12.1 Å².